The van der Waals surface area contributed by atoms with Crippen LogP contribution in [0.3, 0.4) is 0 Å². The van der Waals surface area contributed by atoms with Gasteiger partial charge in [-0.3, -0.25) is 9.89 Å². The minimum absolute atomic E-state index is 0.0364. The Kier molecular flexibility index (Phi) is 2.25. The van der Waals surface area contributed by atoms with Crippen LogP contribution in [0.5, 0.6) is 0 Å². The molecule has 0 aliphatic heterocycles. The van der Waals surface area contributed by atoms with Crippen LogP contribution >= 0.6 is 0 Å². The van der Waals surface area contributed by atoms with Gasteiger partial charge in [0.1, 0.15) is 0 Å². The van der Waals surface area contributed by atoms with Crippen molar-refractivity contribution in [2.75, 3.05) is 0 Å². The number of carbonyl (C=O) groups excluding carboxylic acids is 1. The second-order valence-corrected chi connectivity index (χ2v) is 2.45. The number of nitrogens with zero attached hydrogens (tertiary/aromatic N) is 1. The molecule has 1 heterocycles. The van der Waals surface area contributed by atoms with Gasteiger partial charge in [0, 0.05) is 12.6 Å². The smallest absolute Gasteiger partial charge is 0.217 e. The molecule has 1 rings (SSSR count). The Labute approximate surface area is 65.0 Å². The second-order valence-electron chi connectivity index (χ2n) is 2.45. The van der Waals surface area contributed by atoms with Gasteiger partial charge in [0.05, 0.1) is 12.2 Å². The lowest BCUT2D eigenvalue weighted by molar-refractivity contribution is -0.119. The standard InChI is InChI=1S/C7H11N3O/c1-5-3-7(10-9-5)4-8-6(2)11/h3H,4H2,1-2H3,(H,8,11)(H,9,10). The van der Waals surface area contributed by atoms with Crippen LogP contribution < -0.4 is 5.32 Å². The molecule has 0 atom stereocenters. The molecule has 0 aliphatic carbocycles. The average Bonchev–Trinajstić information content (AvgIpc) is 2.31. The van der Waals surface area contributed by atoms with Crippen molar-refractivity contribution in [3.63, 3.8) is 0 Å². The Balaban J connectivity index is 2.45. The maximum Gasteiger partial charge on any atom is 0.217 e. The zero-order valence-corrected chi connectivity index (χ0v) is 6.64. The molecular weight excluding hydrogens is 142 g/mol. The highest BCUT2D eigenvalue weighted by molar-refractivity contribution is 5.72. The van der Waals surface area contributed by atoms with E-state index in [1.807, 2.05) is 13.0 Å². The third kappa shape index (κ3) is 2.41. The zero-order valence-electron chi connectivity index (χ0n) is 6.64. The van der Waals surface area contributed by atoms with Gasteiger partial charge in [-0.25, -0.2) is 0 Å². The molecule has 2 N–H and O–H groups in total. The van der Waals surface area contributed by atoms with E-state index < -0.39 is 0 Å². The minimum atomic E-state index is -0.0364. The molecule has 1 aromatic rings. The first kappa shape index (κ1) is 7.78. The number of H-pyrrole nitrogens is 1. The number of hydrogen-bond donors (Lipinski definition) is 2. The van der Waals surface area contributed by atoms with E-state index in [1.165, 1.54) is 6.92 Å². The normalized spacial score (nSPS) is 9.64. The molecule has 0 fully saturated rings. The first-order valence-electron chi connectivity index (χ1n) is 3.44. The fourth-order valence-corrected chi connectivity index (χ4v) is 0.780. The summed E-state index contributed by atoms with van der Waals surface area (Å²) in [6.07, 6.45) is 0. The third-order valence-electron chi connectivity index (χ3n) is 1.28. The number of aryl methyl sites for hydroxylation is 1. The monoisotopic (exact) mass is 153 g/mol. The SMILES string of the molecule is CC(=O)NCc1cc(C)[nH]n1. The maximum atomic E-state index is 10.5. The molecule has 4 nitrogen and oxygen atoms in total. The fourth-order valence-electron chi connectivity index (χ4n) is 0.780. The van der Waals surface area contributed by atoms with Crippen molar-refractivity contribution in [2.45, 2.75) is 20.4 Å². The van der Waals surface area contributed by atoms with E-state index >= 15 is 0 Å². The van der Waals surface area contributed by atoms with Crippen molar-refractivity contribution >= 4 is 5.91 Å². The lowest BCUT2D eigenvalue weighted by Crippen LogP contribution is -2.18. The Morgan fingerprint density at radius 2 is 2.55 bits per heavy atom. The molecule has 4 heteroatoms. The molecule has 11 heavy (non-hydrogen) atoms. The fraction of sp³-hybridized carbons (Fsp3) is 0.429. The summed E-state index contributed by atoms with van der Waals surface area (Å²) >= 11 is 0. The van der Waals surface area contributed by atoms with Crippen molar-refractivity contribution in [1.29, 1.82) is 0 Å². The van der Waals surface area contributed by atoms with Gasteiger partial charge >= 0.3 is 0 Å². The molecule has 0 saturated heterocycles. The van der Waals surface area contributed by atoms with E-state index in [0.29, 0.717) is 6.54 Å². The summed E-state index contributed by atoms with van der Waals surface area (Å²) < 4.78 is 0. The van der Waals surface area contributed by atoms with Gasteiger partial charge in [0.25, 0.3) is 0 Å². The summed E-state index contributed by atoms with van der Waals surface area (Å²) in [5, 5.41) is 9.39. The number of aromatic amines is 1. The molecule has 0 bridgehead atoms. The number of amides is 1. The predicted octanol–water partition coefficient (Wildman–Crippen LogP) is 0.354. The second kappa shape index (κ2) is 3.18. The molecule has 1 amide bonds. The number of nitrogens with one attached hydrogen (secondary N) is 2. The van der Waals surface area contributed by atoms with E-state index in [9.17, 15) is 4.79 Å². The number of hydrogen-bond acceptors (Lipinski definition) is 2. The average molecular weight is 153 g/mol. The van der Waals surface area contributed by atoms with Gasteiger partial charge in [-0.2, -0.15) is 5.10 Å². The van der Waals surface area contributed by atoms with Gasteiger partial charge in [-0.05, 0) is 13.0 Å². The predicted molar refractivity (Wildman–Crippen MR) is 40.8 cm³/mol. The van der Waals surface area contributed by atoms with Gasteiger partial charge in [-0.15, -0.1) is 0 Å². The van der Waals surface area contributed by atoms with Gasteiger partial charge in [0.2, 0.25) is 5.91 Å². The molecule has 0 radical (unpaired) electrons. The van der Waals surface area contributed by atoms with Crippen molar-refractivity contribution in [3.8, 4) is 0 Å². The van der Waals surface area contributed by atoms with Crippen molar-refractivity contribution in [1.82, 2.24) is 15.5 Å². The van der Waals surface area contributed by atoms with Crippen LogP contribution in [0.4, 0.5) is 0 Å². The van der Waals surface area contributed by atoms with E-state index in [-0.39, 0.29) is 5.91 Å². The number of aromatic nitrogens is 2. The van der Waals surface area contributed by atoms with Crippen molar-refractivity contribution in [2.24, 2.45) is 0 Å². The van der Waals surface area contributed by atoms with E-state index in [0.717, 1.165) is 11.4 Å². The van der Waals surface area contributed by atoms with Gasteiger partial charge in [-0.1, -0.05) is 0 Å². The first-order chi connectivity index (χ1) is 5.18. The van der Waals surface area contributed by atoms with Gasteiger partial charge < -0.3 is 5.32 Å². The molecule has 60 valence electrons. The van der Waals surface area contributed by atoms with Crippen LogP contribution in [0.1, 0.15) is 18.3 Å². The summed E-state index contributed by atoms with van der Waals surface area (Å²) in [5.74, 6) is -0.0364. The highest BCUT2D eigenvalue weighted by Crippen LogP contribution is 1.95. The lowest BCUT2D eigenvalue weighted by Gasteiger charge is -1.95. The molecule has 0 unspecified atom stereocenters. The van der Waals surface area contributed by atoms with Crippen LogP contribution in [0.2, 0.25) is 0 Å². The van der Waals surface area contributed by atoms with E-state index in [2.05, 4.69) is 15.5 Å². The van der Waals surface area contributed by atoms with Crippen LogP contribution in [-0.4, -0.2) is 16.1 Å². The van der Waals surface area contributed by atoms with Crippen molar-refractivity contribution in [3.05, 3.63) is 17.5 Å². The quantitative estimate of drug-likeness (QED) is 0.644. The Hall–Kier alpha value is -1.32. The van der Waals surface area contributed by atoms with Crippen LogP contribution in [-0.2, 0) is 11.3 Å². The van der Waals surface area contributed by atoms with E-state index in [4.69, 9.17) is 0 Å². The number of carbonyl (C=O) groups is 1. The Bertz CT molecular complexity index is 254. The largest absolute Gasteiger partial charge is 0.351 e. The van der Waals surface area contributed by atoms with Crippen LogP contribution in [0, 0.1) is 6.92 Å². The van der Waals surface area contributed by atoms with Crippen LogP contribution in [0.25, 0.3) is 0 Å². The molecular formula is C7H11N3O. The minimum Gasteiger partial charge on any atom is -0.351 e. The summed E-state index contributed by atoms with van der Waals surface area (Å²) in [6, 6.07) is 1.90. The summed E-state index contributed by atoms with van der Waals surface area (Å²) in [7, 11) is 0. The summed E-state index contributed by atoms with van der Waals surface area (Å²) in [4.78, 5) is 10.5. The van der Waals surface area contributed by atoms with Gasteiger partial charge in [0.15, 0.2) is 0 Å². The highest BCUT2D eigenvalue weighted by Gasteiger charge is 1.97. The third-order valence-corrected chi connectivity index (χ3v) is 1.28. The van der Waals surface area contributed by atoms with Crippen molar-refractivity contribution < 1.29 is 4.79 Å². The lowest BCUT2D eigenvalue weighted by atomic mass is 10.4. The number of rotatable bonds is 2. The molecule has 0 aromatic carbocycles. The molecule has 1 aromatic heterocycles. The molecule has 0 saturated carbocycles. The van der Waals surface area contributed by atoms with E-state index in [1.54, 1.807) is 0 Å². The molecule has 0 spiro atoms. The summed E-state index contributed by atoms with van der Waals surface area (Å²) in [5.41, 5.74) is 1.86. The first-order valence-corrected chi connectivity index (χ1v) is 3.44. The maximum absolute atomic E-state index is 10.5. The zero-order chi connectivity index (χ0) is 8.27. The molecule has 0 aliphatic rings. The van der Waals surface area contributed by atoms with Crippen LogP contribution in [0.15, 0.2) is 6.07 Å². The Morgan fingerprint density at radius 3 is 3.00 bits per heavy atom. The topological polar surface area (TPSA) is 57.8 Å². The highest BCUT2D eigenvalue weighted by atomic mass is 16.1. The summed E-state index contributed by atoms with van der Waals surface area (Å²) in [6.45, 7) is 3.91. The Morgan fingerprint density at radius 1 is 1.82 bits per heavy atom.